The Balaban J connectivity index is 1.73. The summed E-state index contributed by atoms with van der Waals surface area (Å²) in [6.07, 6.45) is 7.31. The van der Waals surface area contributed by atoms with Crippen molar-refractivity contribution in [3.05, 3.63) is 55.6 Å². The van der Waals surface area contributed by atoms with E-state index in [9.17, 15) is 19.5 Å². The first-order valence-corrected chi connectivity index (χ1v) is 16.1. The molecule has 6 atom stereocenters. The second-order valence-corrected chi connectivity index (χ2v) is 14.0. The van der Waals surface area contributed by atoms with E-state index in [4.69, 9.17) is 0 Å². The average molecular weight is 633 g/mol. The van der Waals surface area contributed by atoms with Crippen molar-refractivity contribution in [2.75, 3.05) is 31.1 Å². The second kappa shape index (κ2) is 13.3. The van der Waals surface area contributed by atoms with Crippen molar-refractivity contribution < 1.29 is 19.5 Å². The third kappa shape index (κ3) is 5.53. The summed E-state index contributed by atoms with van der Waals surface area (Å²) < 4.78 is -0.677. The van der Waals surface area contributed by atoms with Crippen LogP contribution in [0.15, 0.2) is 55.6 Å². The number of carbonyl (C=O) groups excluding carboxylic acids is 3. The molecule has 0 saturated carbocycles. The fraction of sp³-hybridized carbons (Fsp3) is 0.581. The number of aliphatic hydroxyl groups is 1. The van der Waals surface area contributed by atoms with Gasteiger partial charge in [0.05, 0.1) is 16.6 Å². The maximum Gasteiger partial charge on any atom is 0.247 e. The number of thioether (sulfide) groups is 1. The number of hydrogen-bond donors (Lipinski definition) is 1. The molecule has 3 aliphatic rings. The molecule has 3 aliphatic heterocycles. The predicted octanol–water partition coefficient (Wildman–Crippen LogP) is 4.65. The molecule has 218 valence electrons. The summed E-state index contributed by atoms with van der Waals surface area (Å²) in [6, 6.07) is 8.83. The molecular weight excluding hydrogens is 590 g/mol. The number of aliphatic hydroxyl groups excluding tert-OH is 1. The van der Waals surface area contributed by atoms with Gasteiger partial charge in [-0.25, -0.2) is 0 Å². The molecule has 0 radical (unpaired) electrons. The van der Waals surface area contributed by atoms with Crippen molar-refractivity contribution in [3.8, 4) is 0 Å². The molecular formula is C31H42BrN3O4S. The summed E-state index contributed by atoms with van der Waals surface area (Å²) in [5.74, 6) is -1.34. The third-order valence-electron chi connectivity index (χ3n) is 8.49. The van der Waals surface area contributed by atoms with E-state index in [1.165, 1.54) is 0 Å². The summed E-state index contributed by atoms with van der Waals surface area (Å²) in [5.41, 5.74) is 0.774. The van der Waals surface area contributed by atoms with Gasteiger partial charge in [0.2, 0.25) is 17.7 Å². The van der Waals surface area contributed by atoms with Gasteiger partial charge in [0.25, 0.3) is 0 Å². The SMILES string of the molecule is C=CCN(C(=O)[C@H]1[C@@H]2SC3(CC2Br)C(C(=O)N(CC=C)C(C)C)N(CCCCCCO)C(=O)[C@H]13)c1ccccc1. The number of amides is 3. The highest BCUT2D eigenvalue weighted by Crippen LogP contribution is 2.68. The number of fused-ring (bicyclic) bond motifs is 1. The van der Waals surface area contributed by atoms with E-state index in [1.807, 2.05) is 44.2 Å². The molecule has 7 nitrogen and oxygen atoms in total. The van der Waals surface area contributed by atoms with Crippen LogP contribution >= 0.6 is 27.7 Å². The molecule has 1 spiro atoms. The zero-order chi connectivity index (χ0) is 29.0. The number of hydrogen-bond acceptors (Lipinski definition) is 5. The topological polar surface area (TPSA) is 81.2 Å². The smallest absolute Gasteiger partial charge is 0.247 e. The standard InChI is InChI=1S/C31H42BrN3O4S/c1-5-16-33(21(3)4)30(39)27-31-20-23(32)26(40-31)24(25(31)29(38)35(27)18-12-7-8-13-19-36)28(37)34(17-6-2)22-14-10-9-11-15-22/h5-6,9-11,14-15,21,23-27,36H,1-2,7-8,12-13,16-20H2,3-4H3/t23?,24-,25+,26-,27?,31?/m1/s1. The number of alkyl halides is 1. The Morgan fingerprint density at radius 3 is 2.42 bits per heavy atom. The number of unbranched alkanes of at least 4 members (excludes halogenated alkanes) is 3. The molecule has 4 rings (SSSR count). The molecule has 9 heteroatoms. The van der Waals surface area contributed by atoms with Gasteiger partial charge in [0.1, 0.15) is 6.04 Å². The van der Waals surface area contributed by atoms with Gasteiger partial charge in [-0.05, 0) is 45.2 Å². The van der Waals surface area contributed by atoms with Crippen LogP contribution in [-0.4, -0.2) is 85.8 Å². The van der Waals surface area contributed by atoms with Crippen molar-refractivity contribution in [3.63, 3.8) is 0 Å². The number of rotatable bonds is 14. The highest BCUT2D eigenvalue weighted by Gasteiger charge is 2.76. The second-order valence-electron chi connectivity index (χ2n) is 11.3. The fourth-order valence-electron chi connectivity index (χ4n) is 6.77. The van der Waals surface area contributed by atoms with Crippen LogP contribution in [0, 0.1) is 11.8 Å². The fourth-order valence-corrected chi connectivity index (χ4v) is 10.4. The Kier molecular flexibility index (Phi) is 10.2. The largest absolute Gasteiger partial charge is 0.396 e. The zero-order valence-electron chi connectivity index (χ0n) is 23.6. The number of para-hydroxylation sites is 1. The van der Waals surface area contributed by atoms with Gasteiger partial charge >= 0.3 is 0 Å². The Morgan fingerprint density at radius 2 is 1.80 bits per heavy atom. The van der Waals surface area contributed by atoms with E-state index in [-0.39, 0.29) is 40.4 Å². The quantitative estimate of drug-likeness (QED) is 0.184. The number of carbonyl (C=O) groups is 3. The van der Waals surface area contributed by atoms with Crippen molar-refractivity contribution >= 4 is 51.1 Å². The van der Waals surface area contributed by atoms with Crippen molar-refractivity contribution in [1.82, 2.24) is 9.80 Å². The Bertz CT molecular complexity index is 1100. The molecule has 0 aliphatic carbocycles. The molecule has 3 unspecified atom stereocenters. The van der Waals surface area contributed by atoms with Gasteiger partial charge in [-0.15, -0.1) is 24.9 Å². The first-order chi connectivity index (χ1) is 19.2. The van der Waals surface area contributed by atoms with Gasteiger partial charge < -0.3 is 19.8 Å². The van der Waals surface area contributed by atoms with Crippen LogP contribution in [0.2, 0.25) is 0 Å². The van der Waals surface area contributed by atoms with Crippen LogP contribution in [0.1, 0.15) is 46.0 Å². The van der Waals surface area contributed by atoms with Gasteiger partial charge in [-0.2, -0.15) is 0 Å². The number of likely N-dealkylation sites (tertiary alicyclic amines) is 1. The lowest BCUT2D eigenvalue weighted by molar-refractivity contribution is -0.143. The summed E-state index contributed by atoms with van der Waals surface area (Å²) in [6.45, 7) is 13.1. The van der Waals surface area contributed by atoms with Gasteiger partial charge in [0, 0.05) is 48.0 Å². The summed E-state index contributed by atoms with van der Waals surface area (Å²) in [7, 11) is 0. The maximum atomic E-state index is 14.4. The minimum Gasteiger partial charge on any atom is -0.396 e. The molecule has 1 aromatic rings. The van der Waals surface area contributed by atoms with Crippen molar-refractivity contribution in [2.45, 2.75) is 72.9 Å². The number of halogens is 1. The normalized spacial score (nSPS) is 28.6. The molecule has 0 aromatic heterocycles. The van der Waals surface area contributed by atoms with Crippen LogP contribution in [0.5, 0.6) is 0 Å². The zero-order valence-corrected chi connectivity index (χ0v) is 26.0. The van der Waals surface area contributed by atoms with Crippen LogP contribution in [0.4, 0.5) is 5.69 Å². The maximum absolute atomic E-state index is 14.4. The lowest BCUT2D eigenvalue weighted by Crippen LogP contribution is -2.57. The lowest BCUT2D eigenvalue weighted by atomic mass is 9.70. The van der Waals surface area contributed by atoms with E-state index in [0.29, 0.717) is 26.1 Å². The van der Waals surface area contributed by atoms with E-state index in [0.717, 1.165) is 31.4 Å². The van der Waals surface area contributed by atoms with Gasteiger partial charge in [-0.1, -0.05) is 59.1 Å². The molecule has 3 heterocycles. The van der Waals surface area contributed by atoms with Gasteiger partial charge in [-0.3, -0.25) is 14.4 Å². The van der Waals surface area contributed by atoms with Crippen LogP contribution < -0.4 is 4.90 Å². The monoisotopic (exact) mass is 631 g/mol. The van der Waals surface area contributed by atoms with E-state index < -0.39 is 22.6 Å². The molecule has 1 aromatic carbocycles. The first-order valence-electron chi connectivity index (χ1n) is 14.3. The molecule has 3 amide bonds. The van der Waals surface area contributed by atoms with Gasteiger partial charge in [0.15, 0.2) is 0 Å². The third-order valence-corrected chi connectivity index (χ3v) is 11.7. The minimum absolute atomic E-state index is 0.0172. The van der Waals surface area contributed by atoms with Crippen LogP contribution in [-0.2, 0) is 14.4 Å². The van der Waals surface area contributed by atoms with Crippen molar-refractivity contribution in [2.24, 2.45) is 11.8 Å². The van der Waals surface area contributed by atoms with Crippen molar-refractivity contribution in [1.29, 1.82) is 0 Å². The number of benzene rings is 1. The average Bonchev–Trinajstić information content (AvgIpc) is 3.53. The predicted molar refractivity (Wildman–Crippen MR) is 166 cm³/mol. The minimum atomic E-state index is -0.677. The molecule has 2 bridgehead atoms. The Labute approximate surface area is 251 Å². The van der Waals surface area contributed by atoms with Crippen LogP contribution in [0.25, 0.3) is 0 Å². The molecule has 3 fully saturated rings. The summed E-state index contributed by atoms with van der Waals surface area (Å²) in [5, 5.41) is 9.07. The molecule has 40 heavy (non-hydrogen) atoms. The Hall–Kier alpha value is -2.10. The number of anilines is 1. The molecule has 1 N–H and O–H groups in total. The summed E-state index contributed by atoms with van der Waals surface area (Å²) in [4.78, 5) is 48.4. The summed E-state index contributed by atoms with van der Waals surface area (Å²) >= 11 is 5.54. The Morgan fingerprint density at radius 1 is 1.12 bits per heavy atom. The highest BCUT2D eigenvalue weighted by molar-refractivity contribution is 9.09. The van der Waals surface area contributed by atoms with E-state index in [1.54, 1.807) is 38.6 Å². The van der Waals surface area contributed by atoms with E-state index >= 15 is 0 Å². The lowest BCUT2D eigenvalue weighted by Gasteiger charge is -2.39. The molecule has 3 saturated heterocycles. The first kappa shape index (κ1) is 30.8. The van der Waals surface area contributed by atoms with E-state index in [2.05, 4.69) is 29.1 Å². The number of nitrogens with zero attached hydrogens (tertiary/aromatic N) is 3. The van der Waals surface area contributed by atoms with Crippen LogP contribution in [0.3, 0.4) is 0 Å². The highest BCUT2D eigenvalue weighted by atomic mass is 79.9.